The van der Waals surface area contributed by atoms with Crippen molar-refractivity contribution in [1.82, 2.24) is 19.3 Å². The number of rotatable bonds is 8. The topological polar surface area (TPSA) is 105 Å². The zero-order valence-corrected chi connectivity index (χ0v) is 23.7. The van der Waals surface area contributed by atoms with E-state index in [0.717, 1.165) is 23.1 Å². The second kappa shape index (κ2) is 11.1. The third-order valence-electron chi connectivity index (χ3n) is 7.97. The summed E-state index contributed by atoms with van der Waals surface area (Å²) >= 11 is 0. The Morgan fingerprint density at radius 2 is 1.93 bits per heavy atom. The van der Waals surface area contributed by atoms with E-state index in [2.05, 4.69) is 17.2 Å². The standard InChI is InChI=1S/C30H33FN4O4S/c1-4-20-14-22-8-6-7-9-27(22)40(38,39)34(17-20)18-23-15-21(11-10-19(23)3)25(16-28(36)37)24-12-13-26-30(29(24)31)32-33-35(26)5-2/h6-13,15,20,25H,4-5,14,16-18H2,1-3H3,(H,36,37)/t20-,25?/m0/s1. The number of carbonyl (C=O) groups is 1. The average Bonchev–Trinajstić information content (AvgIpc) is 3.32. The minimum atomic E-state index is -3.75. The summed E-state index contributed by atoms with van der Waals surface area (Å²) in [4.78, 5) is 12.3. The average molecular weight is 565 g/mol. The second-order valence-electron chi connectivity index (χ2n) is 10.5. The van der Waals surface area contributed by atoms with Gasteiger partial charge in [-0.2, -0.15) is 4.31 Å². The van der Waals surface area contributed by atoms with Gasteiger partial charge in [0.15, 0.2) is 5.82 Å². The summed E-state index contributed by atoms with van der Waals surface area (Å²) in [7, 11) is -3.75. The van der Waals surface area contributed by atoms with Crippen molar-refractivity contribution in [3.8, 4) is 0 Å². The van der Waals surface area contributed by atoms with Crippen LogP contribution < -0.4 is 0 Å². The molecule has 0 radical (unpaired) electrons. The largest absolute Gasteiger partial charge is 0.481 e. The smallest absolute Gasteiger partial charge is 0.304 e. The van der Waals surface area contributed by atoms with Crippen LogP contribution in [0.1, 0.15) is 60.4 Å². The zero-order valence-electron chi connectivity index (χ0n) is 22.8. The Labute approximate surface area is 233 Å². The van der Waals surface area contributed by atoms with Crippen LogP contribution in [0, 0.1) is 18.7 Å². The predicted octanol–water partition coefficient (Wildman–Crippen LogP) is 5.28. The quantitative estimate of drug-likeness (QED) is 0.312. The molecule has 1 unspecified atom stereocenters. The molecule has 0 fully saturated rings. The third kappa shape index (κ3) is 5.13. The van der Waals surface area contributed by atoms with Crippen molar-refractivity contribution in [2.45, 2.75) is 63.9 Å². The Bertz CT molecular complexity index is 1680. The lowest BCUT2D eigenvalue weighted by Gasteiger charge is -2.25. The highest BCUT2D eigenvalue weighted by atomic mass is 32.2. The number of sulfonamides is 1. The van der Waals surface area contributed by atoms with Crippen LogP contribution in [0.5, 0.6) is 0 Å². The summed E-state index contributed by atoms with van der Waals surface area (Å²) in [6.07, 6.45) is 1.19. The van der Waals surface area contributed by atoms with E-state index in [1.807, 2.05) is 38.1 Å². The van der Waals surface area contributed by atoms with Crippen molar-refractivity contribution in [3.63, 3.8) is 0 Å². The molecule has 2 atom stereocenters. The van der Waals surface area contributed by atoms with Crippen molar-refractivity contribution >= 4 is 27.0 Å². The Kier molecular flexibility index (Phi) is 7.74. The molecular weight excluding hydrogens is 531 g/mol. The maximum atomic E-state index is 15.7. The number of carboxylic acids is 1. The van der Waals surface area contributed by atoms with Gasteiger partial charge in [-0.05, 0) is 66.1 Å². The monoisotopic (exact) mass is 564 g/mol. The van der Waals surface area contributed by atoms with Crippen LogP contribution in [0.25, 0.3) is 11.0 Å². The van der Waals surface area contributed by atoms with Crippen LogP contribution in [-0.4, -0.2) is 45.3 Å². The summed E-state index contributed by atoms with van der Waals surface area (Å²) in [5, 5.41) is 17.7. The van der Waals surface area contributed by atoms with Crippen molar-refractivity contribution in [3.05, 3.63) is 88.2 Å². The van der Waals surface area contributed by atoms with Gasteiger partial charge in [-0.15, -0.1) is 5.10 Å². The Morgan fingerprint density at radius 3 is 2.65 bits per heavy atom. The van der Waals surface area contributed by atoms with Crippen molar-refractivity contribution in [2.24, 2.45) is 5.92 Å². The molecule has 40 heavy (non-hydrogen) atoms. The fraction of sp³-hybridized carbons (Fsp3) is 0.367. The molecular formula is C30H33FN4O4S. The molecule has 1 aromatic heterocycles. The molecule has 1 aliphatic heterocycles. The van der Waals surface area contributed by atoms with E-state index < -0.39 is 27.7 Å². The number of aryl methyl sites for hydroxylation is 2. The Hall–Kier alpha value is -3.63. The molecule has 2 heterocycles. The molecule has 10 heteroatoms. The molecule has 4 aromatic rings. The molecule has 210 valence electrons. The number of halogens is 1. The van der Waals surface area contributed by atoms with Gasteiger partial charge < -0.3 is 5.11 Å². The van der Waals surface area contributed by atoms with Crippen LogP contribution in [0.3, 0.4) is 0 Å². The van der Waals surface area contributed by atoms with E-state index in [9.17, 15) is 18.3 Å². The SMILES string of the molecule is CC[C@H]1Cc2ccccc2S(=O)(=O)N(Cc2cc(C(CC(=O)O)c3ccc4c(nnn4CC)c3F)ccc2C)C1. The number of nitrogens with zero attached hydrogens (tertiary/aromatic N) is 4. The van der Waals surface area contributed by atoms with Crippen LogP contribution in [0.15, 0.2) is 59.5 Å². The molecule has 0 amide bonds. The maximum absolute atomic E-state index is 15.7. The van der Waals surface area contributed by atoms with E-state index in [4.69, 9.17) is 0 Å². The van der Waals surface area contributed by atoms with E-state index in [1.165, 1.54) is 4.31 Å². The van der Waals surface area contributed by atoms with Gasteiger partial charge in [0, 0.05) is 25.6 Å². The number of aliphatic carboxylic acids is 1. The van der Waals surface area contributed by atoms with Crippen LogP contribution in [0.4, 0.5) is 4.39 Å². The highest BCUT2D eigenvalue weighted by molar-refractivity contribution is 7.89. The van der Waals surface area contributed by atoms with Gasteiger partial charge in [0.1, 0.15) is 5.52 Å². The van der Waals surface area contributed by atoms with Gasteiger partial charge >= 0.3 is 5.97 Å². The van der Waals surface area contributed by atoms with Crippen molar-refractivity contribution in [2.75, 3.05) is 6.54 Å². The fourth-order valence-electron chi connectivity index (χ4n) is 5.62. The molecule has 8 nitrogen and oxygen atoms in total. The van der Waals surface area contributed by atoms with Gasteiger partial charge in [-0.3, -0.25) is 4.79 Å². The highest BCUT2D eigenvalue weighted by Crippen LogP contribution is 2.35. The Morgan fingerprint density at radius 1 is 1.15 bits per heavy atom. The zero-order chi connectivity index (χ0) is 28.6. The molecule has 0 saturated heterocycles. The van der Waals surface area contributed by atoms with E-state index in [0.29, 0.717) is 35.5 Å². The maximum Gasteiger partial charge on any atom is 0.304 e. The van der Waals surface area contributed by atoms with Crippen molar-refractivity contribution < 1.29 is 22.7 Å². The van der Waals surface area contributed by atoms with Gasteiger partial charge in [0.05, 0.1) is 16.8 Å². The molecule has 5 rings (SSSR count). The molecule has 0 saturated carbocycles. The summed E-state index contributed by atoms with van der Waals surface area (Å²) < 4.78 is 46.4. The van der Waals surface area contributed by atoms with Gasteiger partial charge in [-0.1, -0.05) is 61.0 Å². The molecule has 0 aliphatic carbocycles. The minimum absolute atomic E-state index is 0.0991. The van der Waals surface area contributed by atoms with Gasteiger partial charge in [-0.25, -0.2) is 17.5 Å². The van der Waals surface area contributed by atoms with Crippen molar-refractivity contribution in [1.29, 1.82) is 0 Å². The first-order valence-corrected chi connectivity index (χ1v) is 15.0. The third-order valence-corrected chi connectivity index (χ3v) is 9.88. The number of hydrogen-bond donors (Lipinski definition) is 1. The summed E-state index contributed by atoms with van der Waals surface area (Å²) in [5.41, 5.74) is 3.92. The summed E-state index contributed by atoms with van der Waals surface area (Å²) in [5.74, 6) is -2.29. The number of hydrogen-bond acceptors (Lipinski definition) is 5. The lowest BCUT2D eigenvalue weighted by atomic mass is 9.86. The Balaban J connectivity index is 1.56. The molecule has 0 bridgehead atoms. The molecule has 1 aliphatic rings. The number of benzene rings is 3. The van der Waals surface area contributed by atoms with Crippen LogP contribution in [0.2, 0.25) is 0 Å². The number of fused-ring (bicyclic) bond motifs is 2. The normalized spacial score (nSPS) is 17.9. The minimum Gasteiger partial charge on any atom is -0.481 e. The van der Waals surface area contributed by atoms with Crippen LogP contribution >= 0.6 is 0 Å². The van der Waals surface area contributed by atoms with Gasteiger partial charge in [0.2, 0.25) is 10.0 Å². The van der Waals surface area contributed by atoms with E-state index in [-0.39, 0.29) is 30.0 Å². The number of carboxylic acid groups (broad SMARTS) is 1. The fourth-order valence-corrected chi connectivity index (χ4v) is 7.35. The molecule has 3 aromatic carbocycles. The first-order chi connectivity index (χ1) is 19.1. The lowest BCUT2D eigenvalue weighted by Crippen LogP contribution is -2.33. The second-order valence-corrected chi connectivity index (χ2v) is 12.4. The summed E-state index contributed by atoms with van der Waals surface area (Å²) in [6.45, 7) is 6.89. The molecule has 0 spiro atoms. The summed E-state index contributed by atoms with van der Waals surface area (Å²) in [6, 6.07) is 15.9. The predicted molar refractivity (Wildman–Crippen MR) is 150 cm³/mol. The number of aromatic nitrogens is 3. The van der Waals surface area contributed by atoms with E-state index >= 15 is 4.39 Å². The van der Waals surface area contributed by atoms with Crippen LogP contribution in [-0.2, 0) is 34.3 Å². The lowest BCUT2D eigenvalue weighted by molar-refractivity contribution is -0.137. The first-order valence-electron chi connectivity index (χ1n) is 13.5. The molecule has 1 N–H and O–H groups in total. The van der Waals surface area contributed by atoms with E-state index in [1.54, 1.807) is 35.0 Å². The van der Waals surface area contributed by atoms with Gasteiger partial charge in [0.25, 0.3) is 0 Å². The highest BCUT2D eigenvalue weighted by Gasteiger charge is 2.33. The first kappa shape index (κ1) is 27.9.